The normalized spacial score (nSPS) is 11.1. The highest BCUT2D eigenvalue weighted by atomic mass is 35.5. The third kappa shape index (κ3) is 27.5. The van der Waals surface area contributed by atoms with E-state index in [2.05, 4.69) is 18.9 Å². The van der Waals surface area contributed by atoms with Gasteiger partial charge in [0.2, 0.25) is 0 Å². The average Bonchev–Trinajstić information content (AvgIpc) is 0.818. The van der Waals surface area contributed by atoms with Crippen molar-refractivity contribution in [3.63, 3.8) is 0 Å². The third-order valence-corrected chi connectivity index (χ3v) is 24.9. The van der Waals surface area contributed by atoms with Crippen LogP contribution >= 0.6 is 69.6 Å². The summed E-state index contributed by atoms with van der Waals surface area (Å²) in [6.45, 7) is 15.1. The molecule has 0 amide bonds. The van der Waals surface area contributed by atoms with E-state index in [0.29, 0.717) is 97.8 Å². The van der Waals surface area contributed by atoms with E-state index < -0.39 is 46.1 Å². The Morgan fingerprint density at radius 2 is 0.586 bits per heavy atom. The van der Waals surface area contributed by atoms with Crippen LogP contribution in [0.15, 0.2) is 274 Å². The second-order valence-electron chi connectivity index (χ2n) is 27.0. The number of nitrogens with two attached hydrogens (primary N) is 2. The summed E-state index contributed by atoms with van der Waals surface area (Å²) in [6.07, 6.45) is 0.281. The fraction of sp³-hybridized carbons (Fsp3) is 0.148. The van der Waals surface area contributed by atoms with Crippen LogP contribution in [0.3, 0.4) is 0 Å². The van der Waals surface area contributed by atoms with Gasteiger partial charge in [-0.3, -0.25) is 33.3 Å². The predicted octanol–water partition coefficient (Wildman–Crippen LogP) is 21.0. The van der Waals surface area contributed by atoms with Crippen LogP contribution in [0.1, 0.15) is 72.3 Å². The lowest BCUT2D eigenvalue weighted by atomic mass is 10.00. The van der Waals surface area contributed by atoms with Crippen molar-refractivity contribution in [1.29, 1.82) is 0 Å². The fourth-order valence-corrected chi connectivity index (χ4v) is 16.9. The topological polar surface area (TPSA) is 297 Å². The highest BCUT2D eigenvalue weighted by Gasteiger charge is 2.23. The molecule has 0 aliphatic heterocycles. The number of carbonyl (C=O) groups excluding carboxylic acids is 3. The van der Waals surface area contributed by atoms with E-state index in [1.165, 1.54) is 0 Å². The maximum absolute atomic E-state index is 12.8. The van der Waals surface area contributed by atoms with Crippen LogP contribution in [0.2, 0.25) is 30.1 Å². The molecule has 0 spiro atoms. The van der Waals surface area contributed by atoms with Crippen molar-refractivity contribution in [2.45, 2.75) is 107 Å². The first-order valence-electron chi connectivity index (χ1n) is 35.6. The SMILES string of the molecule is Cc1ccc(S(=O)(=O)Nc2cc(C)ccc2CC(=O)Cc2c(Cl)cccc2Cl)cc1.Cc1ccc(S(=O)(=O)Nc2cc(C)ccc2N)cc1.Cc1ccc(S(=O)(=O)Nc2ccc(C)cc2CC(=O)Cc2c(Cl)cccc2Cl)cc1.Cc1ccc(S(=O)(=O)Nc2ccc(C)cc2N)cc1.O=C(Cc1c(Cl)cccc1Cl)Oc1ccccc1. The molecule has 0 unspecified atom stereocenters. The Bertz CT molecular complexity index is 5930. The molecule has 12 aromatic carbocycles. The lowest BCUT2D eigenvalue weighted by molar-refractivity contribution is -0.133. The van der Waals surface area contributed by atoms with Crippen molar-refractivity contribution in [2.24, 2.45) is 0 Å². The zero-order valence-corrected chi connectivity index (χ0v) is 72.0. The number of ketones is 2. The van der Waals surface area contributed by atoms with Gasteiger partial charge in [0.15, 0.2) is 0 Å². The van der Waals surface area contributed by atoms with Crippen LogP contribution in [0, 0.1) is 55.4 Å². The number of rotatable bonds is 23. The van der Waals surface area contributed by atoms with Gasteiger partial charge in [-0.25, -0.2) is 33.7 Å². The lowest BCUT2D eigenvalue weighted by Gasteiger charge is -2.14. The fourth-order valence-electron chi connectivity index (χ4n) is 11.0. The summed E-state index contributed by atoms with van der Waals surface area (Å²) in [5.41, 5.74) is 24.5. The molecule has 0 heterocycles. The monoisotopic (exact) mass is 1750 g/mol. The van der Waals surface area contributed by atoms with Crippen molar-refractivity contribution < 1.29 is 52.8 Å². The third-order valence-electron chi connectivity index (χ3n) is 17.2. The minimum atomic E-state index is -3.78. The van der Waals surface area contributed by atoms with Crippen LogP contribution < -0.4 is 35.1 Å². The number of ether oxygens (including phenoxy) is 1. The van der Waals surface area contributed by atoms with Gasteiger partial charge >= 0.3 is 5.97 Å². The first-order chi connectivity index (χ1) is 54.7. The predicted molar refractivity (Wildman–Crippen MR) is 471 cm³/mol. The summed E-state index contributed by atoms with van der Waals surface area (Å²) in [5, 5.41) is 2.65. The van der Waals surface area contributed by atoms with E-state index in [9.17, 15) is 48.1 Å². The van der Waals surface area contributed by atoms with Gasteiger partial charge in [0.05, 0.1) is 60.1 Å². The van der Waals surface area contributed by atoms with Crippen LogP contribution in [0.25, 0.3) is 0 Å². The van der Waals surface area contributed by atoms with E-state index in [-0.39, 0.29) is 63.3 Å². The number of hydrogen-bond donors (Lipinski definition) is 6. The van der Waals surface area contributed by atoms with E-state index in [1.807, 2.05) is 79.7 Å². The zero-order valence-electron chi connectivity index (χ0n) is 64.2. The lowest BCUT2D eigenvalue weighted by Crippen LogP contribution is -2.16. The van der Waals surface area contributed by atoms with E-state index in [1.54, 1.807) is 231 Å². The van der Waals surface area contributed by atoms with E-state index in [0.717, 1.165) is 44.5 Å². The van der Waals surface area contributed by atoms with E-state index >= 15 is 0 Å². The quantitative estimate of drug-likeness (QED) is 0.0197. The molecule has 8 N–H and O–H groups in total. The van der Waals surface area contributed by atoms with Gasteiger partial charge in [0.1, 0.15) is 17.3 Å². The number of hydrogen-bond acceptors (Lipinski definition) is 14. The molecule has 0 fully saturated rings. The van der Waals surface area contributed by atoms with Gasteiger partial charge in [0.25, 0.3) is 40.1 Å². The van der Waals surface area contributed by atoms with Crippen LogP contribution in [-0.4, -0.2) is 51.2 Å². The minimum Gasteiger partial charge on any atom is -0.426 e. The van der Waals surface area contributed by atoms with E-state index in [4.69, 9.17) is 85.8 Å². The molecule has 116 heavy (non-hydrogen) atoms. The Kier molecular flexibility index (Phi) is 32.7. The Labute approximate surface area is 708 Å². The van der Waals surface area contributed by atoms with Crippen molar-refractivity contribution in [3.05, 3.63) is 357 Å². The Morgan fingerprint density at radius 1 is 0.284 bits per heavy atom. The van der Waals surface area contributed by atoms with Crippen LogP contribution in [-0.2, 0) is 86.6 Å². The number of para-hydroxylation sites is 1. The number of Topliss-reactive ketones (excluding diaryl/α,β-unsaturated/α-hetero) is 2. The molecule has 12 aromatic rings. The zero-order chi connectivity index (χ0) is 84.8. The number of esters is 1. The molecule has 0 aliphatic carbocycles. The summed E-state index contributed by atoms with van der Waals surface area (Å²) < 4.78 is 115. The second kappa shape index (κ2) is 41.6. The van der Waals surface area contributed by atoms with Gasteiger partial charge in [-0.15, -0.1) is 0 Å². The number of sulfonamides is 4. The standard InChI is InChI=1S/2C23H21Cl2NO3S.C14H10Cl2O2.2C14H16N2O2S/c1-15-7-10-19(11-8-15)30(28,29)26-23-12-16(2)6-9-17(23)13-18(27)14-20-21(24)4-3-5-22(20)25;1-15-6-9-19(10-7-15)30(28,29)26-23-11-8-16(2)12-17(23)13-18(27)14-20-21(24)4-3-5-22(20)25;15-12-7-4-8-13(16)11(12)9-14(17)18-10-5-2-1-3-6-10;1-10-3-6-12(7-4-10)19(17,18)16-14-8-5-11(2)9-13(14)15;1-10-3-6-12(7-4-10)19(17,18)16-14-9-11(2)5-8-13(14)15/h2*3-12,26H,13-14H2,1-2H3;1-8H,9H2;2*3-9,16H,15H2,1-2H3. The Morgan fingerprint density at radius 3 is 0.983 bits per heavy atom. The number of carbonyl (C=O) groups is 3. The average molecular weight is 1760 g/mol. The number of aryl methyl sites for hydroxylation is 8. The molecule has 0 aliphatic rings. The highest BCUT2D eigenvalue weighted by Crippen LogP contribution is 2.32. The highest BCUT2D eigenvalue weighted by molar-refractivity contribution is 7.93. The van der Waals surface area contributed by atoms with Crippen molar-refractivity contribution in [1.82, 2.24) is 0 Å². The van der Waals surface area contributed by atoms with Crippen molar-refractivity contribution in [3.8, 4) is 5.75 Å². The smallest absolute Gasteiger partial charge is 0.315 e. The number of halogens is 6. The molecule has 0 saturated heterocycles. The summed E-state index contributed by atoms with van der Waals surface area (Å²) in [5.74, 6) is -0.127. The number of anilines is 6. The van der Waals surface area contributed by atoms with Gasteiger partial charge in [-0.05, 0) is 228 Å². The number of nitrogen functional groups attached to an aromatic ring is 2. The molecule has 18 nitrogen and oxygen atoms in total. The number of nitrogens with one attached hydrogen (secondary N) is 4. The molecule has 0 aromatic heterocycles. The molecule has 0 radical (unpaired) electrons. The van der Waals surface area contributed by atoms with Gasteiger partial charge in [0, 0.05) is 61.4 Å². The molecular formula is C88H84Cl6N6O12S4. The van der Waals surface area contributed by atoms with Gasteiger partial charge < -0.3 is 16.2 Å². The maximum Gasteiger partial charge on any atom is 0.315 e. The Balaban J connectivity index is 0.000000185. The number of benzene rings is 12. The Hall–Kier alpha value is -10.2. The molecule has 0 bridgehead atoms. The molecule has 604 valence electrons. The molecule has 12 rings (SSSR count). The second-order valence-corrected chi connectivity index (χ2v) is 36.2. The van der Waals surface area contributed by atoms with Gasteiger partial charge in [-0.1, -0.05) is 219 Å². The first kappa shape index (κ1) is 91.3. The first-order valence-corrected chi connectivity index (χ1v) is 43.8. The van der Waals surface area contributed by atoms with Crippen molar-refractivity contribution in [2.75, 3.05) is 30.4 Å². The summed E-state index contributed by atoms with van der Waals surface area (Å²) in [7, 11) is -14.8. The van der Waals surface area contributed by atoms with Crippen LogP contribution in [0.4, 0.5) is 34.1 Å². The van der Waals surface area contributed by atoms with Gasteiger partial charge in [-0.2, -0.15) is 0 Å². The molecule has 28 heteroatoms. The maximum atomic E-state index is 12.8. The summed E-state index contributed by atoms with van der Waals surface area (Å²) in [6, 6.07) is 71.7. The largest absolute Gasteiger partial charge is 0.426 e. The molecule has 0 saturated carbocycles. The van der Waals surface area contributed by atoms with Crippen LogP contribution in [0.5, 0.6) is 5.75 Å². The molecule has 0 atom stereocenters. The minimum absolute atomic E-state index is 0.0490. The summed E-state index contributed by atoms with van der Waals surface area (Å²) in [4.78, 5) is 37.9. The summed E-state index contributed by atoms with van der Waals surface area (Å²) >= 11 is 36.6. The van der Waals surface area contributed by atoms with Crippen molar-refractivity contribution >= 4 is 161 Å². The molecular weight excluding hydrogens is 1670 g/mol.